The molecule has 0 spiro atoms. The zero-order valence-electron chi connectivity index (χ0n) is 17.5. The first-order chi connectivity index (χ1) is 13.9. The number of carbonyl (C=O) groups excluding carboxylic acids is 2. The van der Waals surface area contributed by atoms with Crippen LogP contribution in [0.25, 0.3) is 0 Å². The molecule has 0 aliphatic carbocycles. The third-order valence-corrected chi connectivity index (χ3v) is 5.58. The number of thiazole rings is 1. The molecule has 0 unspecified atom stereocenters. The minimum atomic E-state index is -1.13. The normalized spacial score (nSPS) is 19.0. The van der Waals surface area contributed by atoms with E-state index in [1.807, 2.05) is 0 Å². The number of hydrogen-bond acceptors (Lipinski definition) is 7. The number of nitrogens with zero attached hydrogens (tertiary/aromatic N) is 4. The lowest BCUT2D eigenvalue weighted by Gasteiger charge is -2.22. The number of alkyl carbamates (subject to hydrolysis) is 1. The molecule has 0 radical (unpaired) electrons. The summed E-state index contributed by atoms with van der Waals surface area (Å²) < 4.78 is 7.07. The fraction of sp³-hybridized carbons (Fsp3) is 0.526. The molecular weight excluding hydrogens is 410 g/mol. The zero-order valence-corrected chi connectivity index (χ0v) is 18.3. The quantitative estimate of drug-likeness (QED) is 0.755. The second-order valence-corrected chi connectivity index (χ2v) is 9.10. The van der Waals surface area contributed by atoms with Crippen molar-refractivity contribution < 1.29 is 24.2 Å². The highest BCUT2D eigenvalue weighted by atomic mass is 32.1. The Bertz CT molecular complexity index is 957. The second kappa shape index (κ2) is 8.05. The van der Waals surface area contributed by atoms with E-state index in [1.165, 1.54) is 16.7 Å². The molecule has 3 heterocycles. The van der Waals surface area contributed by atoms with Crippen LogP contribution in [-0.4, -0.2) is 60.7 Å². The van der Waals surface area contributed by atoms with Crippen molar-refractivity contribution in [3.8, 4) is 0 Å². The highest BCUT2D eigenvalue weighted by Gasteiger charge is 2.40. The summed E-state index contributed by atoms with van der Waals surface area (Å²) in [6, 6.07) is -0.839. The number of rotatable bonds is 4. The molecule has 30 heavy (non-hydrogen) atoms. The smallest absolute Gasteiger partial charge is 0.407 e. The fourth-order valence-corrected chi connectivity index (χ4v) is 4.14. The molecule has 2 aromatic heterocycles. The second-order valence-electron chi connectivity index (χ2n) is 8.21. The maximum atomic E-state index is 13.2. The van der Waals surface area contributed by atoms with E-state index in [9.17, 15) is 19.5 Å². The van der Waals surface area contributed by atoms with Crippen LogP contribution in [0.1, 0.15) is 65.0 Å². The van der Waals surface area contributed by atoms with Crippen molar-refractivity contribution in [2.24, 2.45) is 7.05 Å². The van der Waals surface area contributed by atoms with Gasteiger partial charge in [-0.2, -0.15) is 0 Å². The molecule has 2 aromatic rings. The van der Waals surface area contributed by atoms with Crippen molar-refractivity contribution in [2.45, 2.75) is 51.8 Å². The molecule has 0 aromatic carbocycles. The fourth-order valence-electron chi connectivity index (χ4n) is 3.22. The molecule has 1 aliphatic rings. The number of ether oxygens (including phenoxy) is 1. The van der Waals surface area contributed by atoms with Gasteiger partial charge in [-0.3, -0.25) is 4.79 Å². The van der Waals surface area contributed by atoms with Crippen LogP contribution in [0.15, 0.2) is 11.6 Å². The topological polar surface area (TPSA) is 127 Å². The Labute approximate surface area is 177 Å². The first-order valence-corrected chi connectivity index (χ1v) is 10.3. The molecule has 1 aliphatic heterocycles. The summed E-state index contributed by atoms with van der Waals surface area (Å²) in [6.45, 7) is 7.34. The van der Waals surface area contributed by atoms with Gasteiger partial charge in [-0.05, 0) is 34.1 Å². The van der Waals surface area contributed by atoms with Crippen LogP contribution < -0.4 is 5.32 Å². The highest BCUT2D eigenvalue weighted by molar-refractivity contribution is 7.09. The monoisotopic (exact) mass is 435 g/mol. The lowest BCUT2D eigenvalue weighted by molar-refractivity contribution is 0.0501. The lowest BCUT2D eigenvalue weighted by Crippen LogP contribution is -2.41. The standard InChI is InChI=1S/C19H25N5O5S/c1-10-20-12(8-23(10)5)16(25)24-7-11(21-18(28)29-19(2,3)4)6-14(24)15-22-13(9-30-15)17(26)27/h8-9,11,14H,6-7H2,1-5H3,(H,21,28)(H,26,27)/t11-,14+/m1/s1. The number of imidazole rings is 1. The predicted octanol–water partition coefficient (Wildman–Crippen LogP) is 2.36. The minimum absolute atomic E-state index is 0.0698. The van der Waals surface area contributed by atoms with Gasteiger partial charge in [0.15, 0.2) is 5.69 Å². The van der Waals surface area contributed by atoms with E-state index < -0.39 is 23.7 Å². The Balaban J connectivity index is 1.85. The Morgan fingerprint density at radius 2 is 1.97 bits per heavy atom. The maximum Gasteiger partial charge on any atom is 0.407 e. The molecule has 2 atom stereocenters. The molecule has 1 saturated heterocycles. The third kappa shape index (κ3) is 4.78. The van der Waals surface area contributed by atoms with Gasteiger partial charge in [-0.25, -0.2) is 19.6 Å². The van der Waals surface area contributed by atoms with Gasteiger partial charge in [-0.15, -0.1) is 11.3 Å². The number of nitrogens with one attached hydrogen (secondary N) is 1. The van der Waals surface area contributed by atoms with Crippen molar-refractivity contribution >= 4 is 29.3 Å². The number of carbonyl (C=O) groups is 3. The summed E-state index contributed by atoms with van der Waals surface area (Å²) in [5.74, 6) is -0.735. The van der Waals surface area contributed by atoms with E-state index in [1.54, 1.807) is 50.4 Å². The molecule has 10 nitrogen and oxygen atoms in total. The summed E-state index contributed by atoms with van der Waals surface area (Å²) in [5, 5.41) is 13.9. The van der Waals surface area contributed by atoms with Crippen molar-refractivity contribution in [1.82, 2.24) is 24.8 Å². The van der Waals surface area contributed by atoms with Gasteiger partial charge in [-0.1, -0.05) is 0 Å². The van der Waals surface area contributed by atoms with Gasteiger partial charge < -0.3 is 24.6 Å². The molecule has 0 saturated carbocycles. The van der Waals surface area contributed by atoms with Crippen LogP contribution in [0.5, 0.6) is 0 Å². The summed E-state index contributed by atoms with van der Waals surface area (Å²) in [5.41, 5.74) is -0.429. The zero-order chi connectivity index (χ0) is 22.2. The average molecular weight is 436 g/mol. The molecule has 2 amide bonds. The number of hydrogen-bond donors (Lipinski definition) is 2. The summed E-state index contributed by atoms with van der Waals surface area (Å²) in [7, 11) is 1.80. The third-order valence-electron chi connectivity index (χ3n) is 4.64. The van der Waals surface area contributed by atoms with E-state index in [0.717, 1.165) is 0 Å². The van der Waals surface area contributed by atoms with Crippen LogP contribution in [-0.2, 0) is 11.8 Å². The van der Waals surface area contributed by atoms with Crippen LogP contribution in [0.2, 0.25) is 0 Å². The van der Waals surface area contributed by atoms with Crippen molar-refractivity contribution in [2.75, 3.05) is 6.54 Å². The Morgan fingerprint density at radius 3 is 2.50 bits per heavy atom. The van der Waals surface area contributed by atoms with E-state index in [-0.39, 0.29) is 29.9 Å². The Kier molecular flexibility index (Phi) is 5.84. The number of aryl methyl sites for hydroxylation is 2. The Hall–Kier alpha value is -2.95. The number of aromatic carboxylic acids is 1. The number of amides is 2. The number of aromatic nitrogens is 3. The van der Waals surface area contributed by atoms with Crippen LogP contribution in [0.4, 0.5) is 4.79 Å². The summed E-state index contributed by atoms with van der Waals surface area (Å²) in [6.07, 6.45) is 1.47. The lowest BCUT2D eigenvalue weighted by atomic mass is 10.1. The summed E-state index contributed by atoms with van der Waals surface area (Å²) >= 11 is 1.18. The first kappa shape index (κ1) is 21.8. The predicted molar refractivity (Wildman–Crippen MR) is 109 cm³/mol. The number of carboxylic acids is 1. The largest absolute Gasteiger partial charge is 0.476 e. The van der Waals surface area contributed by atoms with E-state index in [0.29, 0.717) is 17.3 Å². The van der Waals surface area contributed by atoms with Gasteiger partial charge in [0.2, 0.25) is 0 Å². The molecule has 1 fully saturated rings. The van der Waals surface area contributed by atoms with Gasteiger partial charge >= 0.3 is 12.1 Å². The molecule has 162 valence electrons. The Morgan fingerprint density at radius 1 is 1.27 bits per heavy atom. The SMILES string of the molecule is Cc1nc(C(=O)N2C[C@H](NC(=O)OC(C)(C)C)C[C@H]2c2nc(C(=O)O)cs2)cn1C. The van der Waals surface area contributed by atoms with Crippen LogP contribution in [0, 0.1) is 6.92 Å². The number of likely N-dealkylation sites (tertiary alicyclic amines) is 1. The van der Waals surface area contributed by atoms with E-state index in [4.69, 9.17) is 4.74 Å². The van der Waals surface area contributed by atoms with Gasteiger partial charge in [0, 0.05) is 25.2 Å². The van der Waals surface area contributed by atoms with E-state index in [2.05, 4.69) is 15.3 Å². The molecule has 3 rings (SSSR count). The molecular formula is C19H25N5O5S. The number of carboxylic acid groups (broad SMARTS) is 1. The van der Waals surface area contributed by atoms with E-state index >= 15 is 0 Å². The van der Waals surface area contributed by atoms with Crippen molar-refractivity contribution in [1.29, 1.82) is 0 Å². The molecule has 2 N–H and O–H groups in total. The molecule has 0 bridgehead atoms. The maximum absolute atomic E-state index is 13.2. The first-order valence-electron chi connectivity index (χ1n) is 9.43. The average Bonchev–Trinajstić information content (AvgIpc) is 3.31. The molecule has 11 heteroatoms. The van der Waals surface area contributed by atoms with Gasteiger partial charge in [0.1, 0.15) is 22.1 Å². The van der Waals surface area contributed by atoms with Gasteiger partial charge in [0.25, 0.3) is 5.91 Å². The van der Waals surface area contributed by atoms with Crippen LogP contribution >= 0.6 is 11.3 Å². The highest BCUT2D eigenvalue weighted by Crippen LogP contribution is 2.35. The van der Waals surface area contributed by atoms with Crippen molar-refractivity contribution in [3.63, 3.8) is 0 Å². The van der Waals surface area contributed by atoms with Crippen molar-refractivity contribution in [3.05, 3.63) is 33.8 Å². The van der Waals surface area contributed by atoms with Crippen LogP contribution in [0.3, 0.4) is 0 Å². The minimum Gasteiger partial charge on any atom is -0.476 e. The summed E-state index contributed by atoms with van der Waals surface area (Å²) in [4.78, 5) is 46.6. The van der Waals surface area contributed by atoms with Gasteiger partial charge in [0.05, 0.1) is 12.1 Å².